The molecule has 0 atom stereocenters. The van der Waals surface area contributed by atoms with Gasteiger partial charge in [0.25, 0.3) is 0 Å². The first-order valence-corrected chi connectivity index (χ1v) is 25.9. The van der Waals surface area contributed by atoms with Crippen molar-refractivity contribution < 1.29 is 14.3 Å². The van der Waals surface area contributed by atoms with Crippen LogP contribution in [-0.4, -0.2) is 18.5 Å². The van der Waals surface area contributed by atoms with Crippen molar-refractivity contribution in [1.29, 1.82) is 0 Å². The van der Waals surface area contributed by atoms with Crippen LogP contribution in [0.3, 0.4) is 0 Å². The number of benzene rings is 10. The number of hydrogen-bond donors (Lipinski definition) is 2. The maximum absolute atomic E-state index is 13.3. The number of hydrogen-bond acceptors (Lipinski definition) is 3. The number of carbonyl (C=O) groups is 2. The average Bonchev–Trinajstić information content (AvgIpc) is 3.68. The fourth-order valence-electron chi connectivity index (χ4n) is 10.4. The van der Waals surface area contributed by atoms with Crippen LogP contribution in [0.1, 0.15) is 57.3 Å². The Bertz CT molecular complexity index is 3680. The highest BCUT2D eigenvalue weighted by Crippen LogP contribution is 2.51. The smallest absolute Gasteiger partial charge is 0.407 e. The normalized spacial score (nSPS) is 10.8. The van der Waals surface area contributed by atoms with Crippen molar-refractivity contribution in [1.82, 2.24) is 5.32 Å². The van der Waals surface area contributed by atoms with E-state index in [1.807, 2.05) is 97.1 Å². The third-order valence-corrected chi connectivity index (χ3v) is 14.1. The van der Waals surface area contributed by atoms with E-state index in [1.165, 1.54) is 0 Å². The van der Waals surface area contributed by atoms with Gasteiger partial charge in [-0.05, 0) is 144 Å². The predicted octanol–water partition coefficient (Wildman–Crippen LogP) is 16.0. The van der Waals surface area contributed by atoms with Crippen LogP contribution in [0.15, 0.2) is 249 Å². The summed E-state index contributed by atoms with van der Waals surface area (Å²) in [7, 11) is 0. The molecule has 0 saturated carbocycles. The lowest BCUT2D eigenvalue weighted by atomic mass is 9.64. The van der Waals surface area contributed by atoms with Gasteiger partial charge in [-0.3, -0.25) is 4.79 Å². The summed E-state index contributed by atoms with van der Waals surface area (Å²) >= 11 is 0. The Hall–Kier alpha value is -10.4. The zero-order chi connectivity index (χ0) is 53.7. The van der Waals surface area contributed by atoms with Crippen molar-refractivity contribution in [2.45, 2.75) is 24.9 Å². The Morgan fingerprint density at radius 3 is 1.23 bits per heavy atom. The average molecular weight is 1010 g/mol. The quantitative estimate of drug-likeness (QED) is 0.0576. The van der Waals surface area contributed by atoms with Crippen LogP contribution in [0.2, 0.25) is 0 Å². The van der Waals surface area contributed by atoms with Crippen LogP contribution >= 0.6 is 0 Å². The van der Waals surface area contributed by atoms with Gasteiger partial charge >= 0.3 is 6.09 Å². The molecule has 0 radical (unpaired) electrons. The van der Waals surface area contributed by atoms with E-state index in [-0.39, 0.29) is 18.9 Å². The number of alkyl carbamates (subject to hydrolysis) is 1. The monoisotopic (exact) mass is 1010 g/mol. The van der Waals surface area contributed by atoms with Crippen LogP contribution in [0, 0.1) is 37.0 Å². The van der Waals surface area contributed by atoms with E-state index in [9.17, 15) is 9.59 Å². The molecule has 10 aromatic carbocycles. The number of ether oxygens (including phenoxy) is 1. The highest BCUT2D eigenvalue weighted by Gasteiger charge is 2.39. The molecular formula is C73H54N2O3. The number of amides is 2. The molecule has 374 valence electrons. The second kappa shape index (κ2) is 23.9. The molecule has 0 saturated heterocycles. The Kier molecular flexibility index (Phi) is 15.6. The molecule has 0 aromatic heterocycles. The van der Waals surface area contributed by atoms with Crippen molar-refractivity contribution in [3.8, 4) is 92.7 Å². The van der Waals surface area contributed by atoms with Crippen LogP contribution in [-0.2, 0) is 21.6 Å². The van der Waals surface area contributed by atoms with Gasteiger partial charge < -0.3 is 15.4 Å². The summed E-state index contributed by atoms with van der Waals surface area (Å²) in [5.74, 6) is 8.24. The van der Waals surface area contributed by atoms with Crippen molar-refractivity contribution in [2.24, 2.45) is 0 Å². The Morgan fingerprint density at radius 1 is 0.423 bits per heavy atom. The maximum atomic E-state index is 13.3. The molecule has 10 aromatic rings. The molecule has 2 amide bonds. The van der Waals surface area contributed by atoms with Gasteiger partial charge in [-0.25, -0.2) is 4.79 Å². The maximum Gasteiger partial charge on any atom is 0.407 e. The summed E-state index contributed by atoms with van der Waals surface area (Å²) in [6.45, 7) is 0.478. The van der Waals surface area contributed by atoms with Gasteiger partial charge in [-0.1, -0.05) is 212 Å². The number of anilines is 1. The van der Waals surface area contributed by atoms with Crippen LogP contribution in [0.5, 0.6) is 0 Å². The fraction of sp³-hybridized carbons (Fsp3) is 0.0685. The molecule has 2 N–H and O–H groups in total. The Balaban J connectivity index is 1.09. The second-order valence-corrected chi connectivity index (χ2v) is 18.9. The lowest BCUT2D eigenvalue weighted by Crippen LogP contribution is -2.31. The summed E-state index contributed by atoms with van der Waals surface area (Å²) in [6.07, 6.45) is 17.9. The minimum Gasteiger partial charge on any atom is -0.445 e. The predicted molar refractivity (Wildman–Crippen MR) is 318 cm³/mol. The molecule has 0 aliphatic heterocycles. The van der Waals surface area contributed by atoms with Gasteiger partial charge in [0, 0.05) is 35.3 Å². The van der Waals surface area contributed by atoms with Crippen LogP contribution < -0.4 is 10.6 Å². The van der Waals surface area contributed by atoms with E-state index in [0.29, 0.717) is 18.7 Å². The number of terminal acetylenes is 3. The topological polar surface area (TPSA) is 67.4 Å². The summed E-state index contributed by atoms with van der Waals surface area (Å²) in [5, 5.41) is 5.83. The molecule has 0 bridgehead atoms. The molecule has 0 aliphatic rings. The summed E-state index contributed by atoms with van der Waals surface area (Å²) in [5.41, 5.74) is 17.6. The van der Waals surface area contributed by atoms with Gasteiger partial charge in [0.05, 0.1) is 5.41 Å². The molecule has 0 aliphatic carbocycles. The molecule has 10 rings (SSSR count). The lowest BCUT2D eigenvalue weighted by Gasteiger charge is -2.37. The zero-order valence-corrected chi connectivity index (χ0v) is 43.0. The van der Waals surface area contributed by atoms with E-state index in [1.54, 1.807) is 0 Å². The van der Waals surface area contributed by atoms with Crippen molar-refractivity contribution in [3.05, 3.63) is 293 Å². The first-order valence-electron chi connectivity index (χ1n) is 25.9. The largest absolute Gasteiger partial charge is 0.445 e. The van der Waals surface area contributed by atoms with Crippen molar-refractivity contribution in [2.75, 3.05) is 11.9 Å². The number of nitrogens with one attached hydrogen (secondary N) is 2. The molecule has 5 nitrogen and oxygen atoms in total. The SMILES string of the molecule is C#Cc1ccc(C(c2ccc(C#C)cc2)(c2ccc(C#C)cc2)c2ccc(-c3cc(-c4ccccc4)c(-c4ccccc4)c(-c4ccc(NC(=O)CCCNC(=O)OCc5ccccc5)cc4)c3-c3ccccc3)cc2)cc1. The first kappa shape index (κ1) is 51.1. The standard InChI is InChI=1S/C73H54N2O3/c1-4-52-29-39-61(40-30-52)73(62-41-31-53(5-2)32-42-62,63-43-33-54(6-3)34-44-63)64-45-35-57(36-46-64)67-50-66(56-22-13-8-14-23-56)69(58-24-15-9-16-25-58)71(70(67)59-26-17-10-18-27-59)60-37-47-65(48-38-60)75-68(76)28-19-49-74-72(77)78-51-55-20-11-7-12-21-55/h1-3,7-18,20-27,29-48,50H,19,28,49,51H2,(H,74,77)(H,75,76). The van der Waals surface area contributed by atoms with E-state index in [4.69, 9.17) is 24.0 Å². The zero-order valence-electron chi connectivity index (χ0n) is 43.0. The third-order valence-electron chi connectivity index (χ3n) is 14.1. The van der Waals surface area contributed by atoms with Gasteiger partial charge in [0.2, 0.25) is 5.91 Å². The van der Waals surface area contributed by atoms with E-state index in [2.05, 4.69) is 180 Å². The molecule has 0 fully saturated rings. The highest BCUT2D eigenvalue weighted by atomic mass is 16.5. The molecular weight excluding hydrogens is 953 g/mol. The number of carbonyl (C=O) groups excluding carboxylic acids is 2. The van der Waals surface area contributed by atoms with Crippen molar-refractivity contribution in [3.63, 3.8) is 0 Å². The molecule has 5 heteroatoms. The van der Waals surface area contributed by atoms with Gasteiger partial charge in [-0.15, -0.1) is 19.3 Å². The van der Waals surface area contributed by atoms with Gasteiger partial charge in [0.1, 0.15) is 6.61 Å². The van der Waals surface area contributed by atoms with Crippen molar-refractivity contribution >= 4 is 17.7 Å². The van der Waals surface area contributed by atoms with Crippen LogP contribution in [0.4, 0.5) is 10.5 Å². The van der Waals surface area contributed by atoms with Gasteiger partial charge in [0.15, 0.2) is 0 Å². The summed E-state index contributed by atoms with van der Waals surface area (Å²) in [6, 6.07) is 85.2. The summed E-state index contributed by atoms with van der Waals surface area (Å²) < 4.78 is 5.33. The minimum atomic E-state index is -0.823. The molecule has 0 spiro atoms. The van der Waals surface area contributed by atoms with E-state index < -0.39 is 11.5 Å². The Labute approximate surface area is 457 Å². The van der Waals surface area contributed by atoms with Gasteiger partial charge in [-0.2, -0.15) is 0 Å². The minimum absolute atomic E-state index is 0.156. The Morgan fingerprint density at radius 2 is 0.795 bits per heavy atom. The lowest BCUT2D eigenvalue weighted by molar-refractivity contribution is -0.116. The fourth-order valence-corrected chi connectivity index (χ4v) is 10.4. The first-order chi connectivity index (χ1) is 38.4. The highest BCUT2D eigenvalue weighted by molar-refractivity contribution is 6.07. The third kappa shape index (κ3) is 11.0. The van der Waals surface area contributed by atoms with E-state index >= 15 is 0 Å². The molecule has 78 heavy (non-hydrogen) atoms. The van der Waals surface area contributed by atoms with Crippen LogP contribution in [0.25, 0.3) is 55.6 Å². The molecule has 0 unspecified atom stereocenters. The van der Waals surface area contributed by atoms with E-state index in [0.717, 1.165) is 100 Å². The number of rotatable bonds is 16. The molecule has 0 heterocycles. The summed E-state index contributed by atoms with van der Waals surface area (Å²) in [4.78, 5) is 25.7. The second-order valence-electron chi connectivity index (χ2n) is 18.9.